The summed E-state index contributed by atoms with van der Waals surface area (Å²) in [4.78, 5) is 0. The lowest BCUT2D eigenvalue weighted by molar-refractivity contribution is 0.196. The summed E-state index contributed by atoms with van der Waals surface area (Å²) < 4.78 is 0. The number of rotatable bonds is 1. The molecule has 1 aliphatic rings. The Balaban J connectivity index is 3.05. The van der Waals surface area contributed by atoms with Crippen molar-refractivity contribution in [3.63, 3.8) is 0 Å². The van der Waals surface area contributed by atoms with Crippen LogP contribution in [-0.4, -0.2) is 0 Å². The Morgan fingerprint density at radius 2 is 1.85 bits per heavy atom. The van der Waals surface area contributed by atoms with E-state index in [2.05, 4.69) is 41.5 Å². The van der Waals surface area contributed by atoms with Crippen molar-refractivity contribution >= 4 is 0 Å². The van der Waals surface area contributed by atoms with Gasteiger partial charge in [-0.1, -0.05) is 45.3 Å². The lowest BCUT2D eigenvalue weighted by Gasteiger charge is -2.43. The van der Waals surface area contributed by atoms with Gasteiger partial charge >= 0.3 is 0 Å². The number of allylic oxidation sites excluding steroid dienone is 2. The van der Waals surface area contributed by atoms with E-state index >= 15 is 0 Å². The molecule has 1 aliphatic carbocycles. The van der Waals surface area contributed by atoms with Gasteiger partial charge in [-0.3, -0.25) is 0 Å². The molecule has 13 heavy (non-hydrogen) atoms. The molecule has 2 unspecified atom stereocenters. The van der Waals surface area contributed by atoms with E-state index in [-0.39, 0.29) is 0 Å². The highest BCUT2D eigenvalue weighted by molar-refractivity contribution is 5.23. The van der Waals surface area contributed by atoms with E-state index in [0.29, 0.717) is 5.41 Å². The van der Waals surface area contributed by atoms with Gasteiger partial charge in [0, 0.05) is 0 Å². The van der Waals surface area contributed by atoms with Crippen LogP contribution >= 0.6 is 0 Å². The highest BCUT2D eigenvalue weighted by Crippen LogP contribution is 2.47. The van der Waals surface area contributed by atoms with Crippen LogP contribution in [0.1, 0.15) is 54.4 Å². The molecule has 1 rings (SSSR count). The third-order valence-corrected chi connectivity index (χ3v) is 4.45. The summed E-state index contributed by atoms with van der Waals surface area (Å²) in [5.74, 6) is 1.68. The monoisotopic (exact) mass is 180 g/mol. The Morgan fingerprint density at radius 1 is 1.31 bits per heavy atom. The first kappa shape index (κ1) is 10.8. The predicted molar refractivity (Wildman–Crippen MR) is 59.7 cm³/mol. The SMILES string of the molecule is CCC1CC(C)C(C)=C(C)C1(C)C. The van der Waals surface area contributed by atoms with Gasteiger partial charge in [0.15, 0.2) is 0 Å². The van der Waals surface area contributed by atoms with Crippen molar-refractivity contribution in [2.24, 2.45) is 17.3 Å². The molecule has 0 aliphatic heterocycles. The average Bonchev–Trinajstić information content (AvgIpc) is 2.08. The second kappa shape index (κ2) is 3.48. The topological polar surface area (TPSA) is 0 Å². The normalized spacial score (nSPS) is 33.7. The van der Waals surface area contributed by atoms with Gasteiger partial charge in [-0.15, -0.1) is 0 Å². The Labute approximate surface area is 83.4 Å². The summed E-state index contributed by atoms with van der Waals surface area (Å²) >= 11 is 0. The van der Waals surface area contributed by atoms with Crippen LogP contribution in [0.3, 0.4) is 0 Å². The maximum Gasteiger partial charge on any atom is -0.0116 e. The third kappa shape index (κ3) is 1.68. The minimum Gasteiger partial charge on any atom is -0.0710 e. The zero-order valence-corrected chi connectivity index (χ0v) is 10.1. The Morgan fingerprint density at radius 3 is 2.31 bits per heavy atom. The van der Waals surface area contributed by atoms with Crippen LogP contribution in [-0.2, 0) is 0 Å². The molecule has 0 saturated carbocycles. The van der Waals surface area contributed by atoms with E-state index in [1.54, 1.807) is 11.1 Å². The number of hydrogen-bond acceptors (Lipinski definition) is 0. The Hall–Kier alpha value is -0.260. The standard InChI is InChI=1S/C13H24/c1-7-12-8-9(2)10(3)11(4)13(12,5)6/h9,12H,7-8H2,1-6H3. The van der Waals surface area contributed by atoms with Crippen molar-refractivity contribution in [2.75, 3.05) is 0 Å². The van der Waals surface area contributed by atoms with E-state index in [9.17, 15) is 0 Å². The minimum atomic E-state index is 0.436. The van der Waals surface area contributed by atoms with Gasteiger partial charge in [0.2, 0.25) is 0 Å². The second-order valence-electron chi connectivity index (χ2n) is 5.27. The first-order chi connectivity index (χ1) is 5.91. The molecule has 0 heterocycles. The van der Waals surface area contributed by atoms with Crippen molar-refractivity contribution < 1.29 is 0 Å². The van der Waals surface area contributed by atoms with Gasteiger partial charge < -0.3 is 0 Å². The van der Waals surface area contributed by atoms with Gasteiger partial charge in [0.1, 0.15) is 0 Å². The molecular weight excluding hydrogens is 156 g/mol. The summed E-state index contributed by atoms with van der Waals surface area (Å²) in [6, 6.07) is 0. The second-order valence-corrected chi connectivity index (χ2v) is 5.27. The Kier molecular flexibility index (Phi) is 2.89. The molecule has 0 radical (unpaired) electrons. The van der Waals surface area contributed by atoms with E-state index in [0.717, 1.165) is 11.8 Å². The molecule has 0 N–H and O–H groups in total. The van der Waals surface area contributed by atoms with Crippen molar-refractivity contribution in [3.05, 3.63) is 11.1 Å². The average molecular weight is 180 g/mol. The fourth-order valence-corrected chi connectivity index (χ4v) is 2.76. The van der Waals surface area contributed by atoms with Gasteiger partial charge in [-0.25, -0.2) is 0 Å². The van der Waals surface area contributed by atoms with Crippen LogP contribution in [0.2, 0.25) is 0 Å². The van der Waals surface area contributed by atoms with Gasteiger partial charge in [0.25, 0.3) is 0 Å². The molecular formula is C13H24. The third-order valence-electron chi connectivity index (χ3n) is 4.45. The molecule has 2 atom stereocenters. The van der Waals surface area contributed by atoms with Crippen LogP contribution in [0.4, 0.5) is 0 Å². The lowest BCUT2D eigenvalue weighted by atomic mass is 9.62. The van der Waals surface area contributed by atoms with Crippen LogP contribution in [0, 0.1) is 17.3 Å². The lowest BCUT2D eigenvalue weighted by Crippen LogP contribution is -2.32. The summed E-state index contributed by atoms with van der Waals surface area (Å²) in [5.41, 5.74) is 3.71. The molecule has 0 heteroatoms. The quantitative estimate of drug-likeness (QED) is 0.524. The van der Waals surface area contributed by atoms with Crippen molar-refractivity contribution in [1.82, 2.24) is 0 Å². The van der Waals surface area contributed by atoms with Gasteiger partial charge in [-0.2, -0.15) is 0 Å². The molecule has 0 amide bonds. The smallest absolute Gasteiger partial charge is 0.0116 e. The molecule has 0 bridgehead atoms. The van der Waals surface area contributed by atoms with Gasteiger partial charge in [0.05, 0.1) is 0 Å². The molecule has 0 aromatic carbocycles. The number of hydrogen-bond donors (Lipinski definition) is 0. The molecule has 0 nitrogen and oxygen atoms in total. The zero-order valence-electron chi connectivity index (χ0n) is 10.1. The van der Waals surface area contributed by atoms with Crippen molar-refractivity contribution in [1.29, 1.82) is 0 Å². The molecule has 0 spiro atoms. The Bertz CT molecular complexity index is 220. The van der Waals surface area contributed by atoms with Crippen molar-refractivity contribution in [2.45, 2.75) is 54.4 Å². The maximum atomic E-state index is 2.41. The zero-order chi connectivity index (χ0) is 10.2. The van der Waals surface area contributed by atoms with Gasteiger partial charge in [-0.05, 0) is 37.5 Å². The molecule has 0 aromatic rings. The van der Waals surface area contributed by atoms with Crippen LogP contribution in [0.5, 0.6) is 0 Å². The maximum absolute atomic E-state index is 2.41. The van der Waals surface area contributed by atoms with E-state index in [4.69, 9.17) is 0 Å². The fraction of sp³-hybridized carbons (Fsp3) is 0.846. The fourth-order valence-electron chi connectivity index (χ4n) is 2.76. The highest BCUT2D eigenvalue weighted by Gasteiger charge is 2.36. The minimum absolute atomic E-state index is 0.436. The summed E-state index contributed by atoms with van der Waals surface area (Å²) in [6.07, 6.45) is 2.70. The molecule has 0 saturated heterocycles. The van der Waals surface area contributed by atoms with Crippen molar-refractivity contribution in [3.8, 4) is 0 Å². The first-order valence-electron chi connectivity index (χ1n) is 5.59. The van der Waals surface area contributed by atoms with E-state index in [1.807, 2.05) is 0 Å². The van der Waals surface area contributed by atoms with Crippen LogP contribution in [0.15, 0.2) is 11.1 Å². The molecule has 0 fully saturated rings. The highest BCUT2D eigenvalue weighted by atomic mass is 14.4. The van der Waals surface area contributed by atoms with Crippen LogP contribution in [0.25, 0.3) is 0 Å². The molecule has 76 valence electrons. The first-order valence-corrected chi connectivity index (χ1v) is 5.59. The largest absolute Gasteiger partial charge is 0.0710 e. The predicted octanol–water partition coefficient (Wildman–Crippen LogP) is 4.42. The van der Waals surface area contributed by atoms with E-state index in [1.165, 1.54) is 12.8 Å². The summed E-state index contributed by atoms with van der Waals surface area (Å²) in [6.45, 7) is 14.2. The summed E-state index contributed by atoms with van der Waals surface area (Å²) in [7, 11) is 0. The van der Waals surface area contributed by atoms with Crippen LogP contribution < -0.4 is 0 Å². The molecule has 0 aromatic heterocycles. The summed E-state index contributed by atoms with van der Waals surface area (Å²) in [5, 5.41) is 0. The van der Waals surface area contributed by atoms with E-state index < -0.39 is 0 Å².